The van der Waals surface area contributed by atoms with Crippen LogP contribution in [0, 0.1) is 5.92 Å². The number of alkyl halides is 2. The lowest BCUT2D eigenvalue weighted by Gasteiger charge is -2.34. The summed E-state index contributed by atoms with van der Waals surface area (Å²) in [7, 11) is 1.57. The smallest absolute Gasteiger partial charge is 0.239 e. The molecule has 0 saturated carbocycles. The van der Waals surface area contributed by atoms with E-state index in [1.807, 2.05) is 0 Å². The van der Waals surface area contributed by atoms with Gasteiger partial charge in [-0.2, -0.15) is 0 Å². The Bertz CT molecular complexity index is 428. The van der Waals surface area contributed by atoms with Crippen LogP contribution in [0.4, 0.5) is 20.3 Å². The van der Waals surface area contributed by atoms with Crippen molar-refractivity contribution in [3.63, 3.8) is 0 Å². The second-order valence-electron chi connectivity index (χ2n) is 4.86. The summed E-state index contributed by atoms with van der Waals surface area (Å²) in [5, 5.41) is 0. The molecule has 1 fully saturated rings. The monoisotopic (exact) mass is 271 g/mol. The van der Waals surface area contributed by atoms with Gasteiger partial charge in [0.2, 0.25) is 6.43 Å². The predicted molar refractivity (Wildman–Crippen MR) is 70.8 cm³/mol. The van der Waals surface area contributed by atoms with Crippen LogP contribution in [-0.2, 0) is 0 Å². The highest BCUT2D eigenvalue weighted by Gasteiger charge is 2.24. The van der Waals surface area contributed by atoms with Crippen molar-refractivity contribution in [2.75, 3.05) is 30.8 Å². The largest absolute Gasteiger partial charge is 0.494 e. The molecular formula is C13H19F2N3O. The van der Waals surface area contributed by atoms with Gasteiger partial charge in [0.1, 0.15) is 11.6 Å². The first-order valence-corrected chi connectivity index (χ1v) is 6.42. The number of rotatable bonds is 4. The summed E-state index contributed by atoms with van der Waals surface area (Å²) in [4.78, 5) is 6.11. The SMILES string of the molecule is COc1cc(N)ncc1N1CCCC(CC(F)F)C1. The molecule has 0 aromatic carbocycles. The fourth-order valence-corrected chi connectivity index (χ4v) is 2.57. The zero-order valence-corrected chi connectivity index (χ0v) is 11.0. The topological polar surface area (TPSA) is 51.4 Å². The Labute approximate surface area is 111 Å². The molecule has 2 rings (SSSR count). The maximum atomic E-state index is 12.5. The summed E-state index contributed by atoms with van der Waals surface area (Å²) >= 11 is 0. The lowest BCUT2D eigenvalue weighted by Crippen LogP contribution is -2.36. The first-order valence-electron chi connectivity index (χ1n) is 6.42. The summed E-state index contributed by atoms with van der Waals surface area (Å²) in [6.45, 7) is 1.45. The van der Waals surface area contributed by atoms with Crippen molar-refractivity contribution < 1.29 is 13.5 Å². The molecule has 19 heavy (non-hydrogen) atoms. The molecule has 0 amide bonds. The van der Waals surface area contributed by atoms with E-state index in [9.17, 15) is 8.78 Å². The van der Waals surface area contributed by atoms with Crippen molar-refractivity contribution >= 4 is 11.5 Å². The predicted octanol–water partition coefficient (Wildman–Crippen LogP) is 2.54. The molecule has 1 aliphatic rings. The Morgan fingerprint density at radius 1 is 1.58 bits per heavy atom. The van der Waals surface area contributed by atoms with Gasteiger partial charge in [-0.05, 0) is 18.8 Å². The number of halogens is 2. The first kappa shape index (κ1) is 13.8. The number of anilines is 2. The number of ether oxygens (including phenoxy) is 1. The summed E-state index contributed by atoms with van der Waals surface area (Å²) in [5.41, 5.74) is 6.45. The lowest BCUT2D eigenvalue weighted by molar-refractivity contribution is 0.110. The zero-order chi connectivity index (χ0) is 13.8. The first-order chi connectivity index (χ1) is 9.10. The van der Waals surface area contributed by atoms with E-state index in [1.165, 1.54) is 0 Å². The summed E-state index contributed by atoms with van der Waals surface area (Å²) < 4.78 is 30.2. The van der Waals surface area contributed by atoms with Gasteiger partial charge in [-0.3, -0.25) is 0 Å². The van der Waals surface area contributed by atoms with Crippen LogP contribution in [0.5, 0.6) is 5.75 Å². The van der Waals surface area contributed by atoms with Crippen LogP contribution in [-0.4, -0.2) is 31.6 Å². The van der Waals surface area contributed by atoms with Crippen LogP contribution in [0.3, 0.4) is 0 Å². The Morgan fingerprint density at radius 2 is 2.37 bits per heavy atom. The van der Waals surface area contributed by atoms with Crippen molar-refractivity contribution in [1.82, 2.24) is 4.98 Å². The normalized spacial score (nSPS) is 19.8. The number of nitrogens with zero attached hydrogens (tertiary/aromatic N) is 2. The average Bonchev–Trinajstić information content (AvgIpc) is 2.38. The van der Waals surface area contributed by atoms with E-state index in [-0.39, 0.29) is 12.3 Å². The molecule has 106 valence electrons. The standard InChI is InChI=1S/C13H19F2N3O/c1-19-11-6-13(16)17-7-10(11)18-4-2-3-9(8-18)5-12(14)15/h6-7,9,12H,2-5,8H2,1H3,(H2,16,17). The number of piperidine rings is 1. The Hall–Kier alpha value is -1.59. The third kappa shape index (κ3) is 3.45. The molecular weight excluding hydrogens is 252 g/mol. The molecule has 6 heteroatoms. The van der Waals surface area contributed by atoms with Crippen LogP contribution in [0.1, 0.15) is 19.3 Å². The maximum Gasteiger partial charge on any atom is 0.239 e. The number of hydrogen-bond donors (Lipinski definition) is 1. The molecule has 1 aromatic rings. The third-order valence-corrected chi connectivity index (χ3v) is 3.46. The van der Waals surface area contributed by atoms with Crippen molar-refractivity contribution in [2.45, 2.75) is 25.7 Å². The van der Waals surface area contributed by atoms with Gasteiger partial charge in [-0.15, -0.1) is 0 Å². The van der Waals surface area contributed by atoms with E-state index in [0.29, 0.717) is 18.1 Å². The molecule has 0 aliphatic carbocycles. The number of pyridine rings is 1. The van der Waals surface area contributed by atoms with Gasteiger partial charge in [0, 0.05) is 25.6 Å². The Balaban J connectivity index is 2.12. The molecule has 1 saturated heterocycles. The van der Waals surface area contributed by atoms with E-state index in [0.717, 1.165) is 25.1 Å². The van der Waals surface area contributed by atoms with Crippen molar-refractivity contribution in [3.05, 3.63) is 12.3 Å². The van der Waals surface area contributed by atoms with Crippen LogP contribution >= 0.6 is 0 Å². The van der Waals surface area contributed by atoms with Crippen LogP contribution in [0.15, 0.2) is 12.3 Å². The van der Waals surface area contributed by atoms with E-state index in [1.54, 1.807) is 19.4 Å². The lowest BCUT2D eigenvalue weighted by atomic mass is 9.94. The molecule has 4 nitrogen and oxygen atoms in total. The molecule has 2 heterocycles. The summed E-state index contributed by atoms with van der Waals surface area (Å²) in [5.74, 6) is 1.06. The van der Waals surface area contributed by atoms with E-state index >= 15 is 0 Å². The zero-order valence-electron chi connectivity index (χ0n) is 11.0. The fraction of sp³-hybridized carbons (Fsp3) is 0.615. The second kappa shape index (κ2) is 6.04. The minimum Gasteiger partial charge on any atom is -0.494 e. The van der Waals surface area contributed by atoms with Gasteiger partial charge in [0.05, 0.1) is 19.0 Å². The molecule has 1 aliphatic heterocycles. The molecule has 1 unspecified atom stereocenters. The van der Waals surface area contributed by atoms with Crippen molar-refractivity contribution in [1.29, 1.82) is 0 Å². The number of aromatic nitrogens is 1. The minimum absolute atomic E-state index is 0.0241. The van der Waals surface area contributed by atoms with Gasteiger partial charge >= 0.3 is 0 Å². The highest BCUT2D eigenvalue weighted by atomic mass is 19.3. The molecule has 0 radical (unpaired) electrons. The number of methoxy groups -OCH3 is 1. The Kier molecular flexibility index (Phi) is 4.39. The van der Waals surface area contributed by atoms with Crippen molar-refractivity contribution in [3.8, 4) is 5.75 Å². The van der Waals surface area contributed by atoms with Crippen LogP contribution < -0.4 is 15.4 Å². The second-order valence-corrected chi connectivity index (χ2v) is 4.86. The van der Waals surface area contributed by atoms with Crippen LogP contribution in [0.25, 0.3) is 0 Å². The highest BCUT2D eigenvalue weighted by Crippen LogP contribution is 2.33. The highest BCUT2D eigenvalue weighted by molar-refractivity contribution is 5.60. The van der Waals surface area contributed by atoms with Gasteiger partial charge in [0.15, 0.2) is 0 Å². The summed E-state index contributed by atoms with van der Waals surface area (Å²) in [6, 6.07) is 1.66. The van der Waals surface area contributed by atoms with Gasteiger partial charge in [-0.1, -0.05) is 0 Å². The molecule has 1 aromatic heterocycles. The van der Waals surface area contributed by atoms with Crippen LogP contribution in [0.2, 0.25) is 0 Å². The number of nitrogens with two attached hydrogens (primary N) is 1. The maximum absolute atomic E-state index is 12.5. The van der Waals surface area contributed by atoms with Gasteiger partial charge < -0.3 is 15.4 Å². The van der Waals surface area contributed by atoms with E-state index in [2.05, 4.69) is 9.88 Å². The quantitative estimate of drug-likeness (QED) is 0.914. The fourth-order valence-electron chi connectivity index (χ4n) is 2.57. The van der Waals surface area contributed by atoms with Gasteiger partial charge in [-0.25, -0.2) is 13.8 Å². The minimum atomic E-state index is -2.24. The molecule has 0 bridgehead atoms. The number of hydrogen-bond acceptors (Lipinski definition) is 4. The number of nitrogen functional groups attached to an aromatic ring is 1. The van der Waals surface area contributed by atoms with Crippen molar-refractivity contribution in [2.24, 2.45) is 5.92 Å². The molecule has 1 atom stereocenters. The van der Waals surface area contributed by atoms with E-state index in [4.69, 9.17) is 10.5 Å². The van der Waals surface area contributed by atoms with Gasteiger partial charge in [0.25, 0.3) is 0 Å². The third-order valence-electron chi connectivity index (χ3n) is 3.46. The summed E-state index contributed by atoms with van der Waals surface area (Å²) in [6.07, 6.45) is 1.13. The molecule has 0 spiro atoms. The average molecular weight is 271 g/mol. The van der Waals surface area contributed by atoms with E-state index < -0.39 is 6.43 Å². The molecule has 2 N–H and O–H groups in total. The Morgan fingerprint density at radius 3 is 3.05 bits per heavy atom.